The molecule has 0 saturated heterocycles. The van der Waals surface area contributed by atoms with Crippen molar-refractivity contribution in [1.29, 1.82) is 0 Å². The fraction of sp³-hybridized carbons (Fsp3) is 0.278. The molecule has 0 saturated carbocycles. The molecule has 0 aliphatic heterocycles. The molecule has 0 spiro atoms. The zero-order chi connectivity index (χ0) is 20.6. The van der Waals surface area contributed by atoms with Gasteiger partial charge in [0.2, 0.25) is 0 Å². The van der Waals surface area contributed by atoms with Crippen molar-refractivity contribution in [3.63, 3.8) is 0 Å². The number of hydrazine groups is 1. The molecule has 1 amide bonds. The quantitative estimate of drug-likeness (QED) is 0.401. The number of ether oxygens (including phenoxy) is 1. The van der Waals surface area contributed by atoms with Gasteiger partial charge in [-0.05, 0) is 39.0 Å². The summed E-state index contributed by atoms with van der Waals surface area (Å²) in [5, 5.41) is 13.0. The van der Waals surface area contributed by atoms with Crippen molar-refractivity contribution in [2.24, 2.45) is 0 Å². The summed E-state index contributed by atoms with van der Waals surface area (Å²) in [4.78, 5) is 40.7. The van der Waals surface area contributed by atoms with Gasteiger partial charge in [0.05, 0.1) is 21.4 Å². The van der Waals surface area contributed by atoms with Crippen LogP contribution in [0.1, 0.15) is 20.8 Å². The largest absolute Gasteiger partial charge is 0.442 e. The molecule has 1 N–H and O–H groups in total. The van der Waals surface area contributed by atoms with E-state index in [9.17, 15) is 19.7 Å². The van der Waals surface area contributed by atoms with E-state index in [4.69, 9.17) is 4.74 Å². The van der Waals surface area contributed by atoms with Crippen LogP contribution in [0.4, 0.5) is 16.2 Å². The van der Waals surface area contributed by atoms with Crippen LogP contribution in [0.15, 0.2) is 35.3 Å². The van der Waals surface area contributed by atoms with Gasteiger partial charge in [-0.3, -0.25) is 20.3 Å². The summed E-state index contributed by atoms with van der Waals surface area (Å²) in [5.41, 5.74) is 1.77. The van der Waals surface area contributed by atoms with E-state index in [-0.39, 0.29) is 21.5 Å². The molecule has 3 rings (SSSR count). The van der Waals surface area contributed by atoms with Gasteiger partial charge in [0.15, 0.2) is 5.43 Å². The number of nitro groups is 1. The summed E-state index contributed by atoms with van der Waals surface area (Å²) in [7, 11) is 1.44. The van der Waals surface area contributed by atoms with Crippen molar-refractivity contribution in [2.75, 3.05) is 12.5 Å². The van der Waals surface area contributed by atoms with Gasteiger partial charge in [-0.2, -0.15) is 0 Å². The summed E-state index contributed by atoms with van der Waals surface area (Å²) >= 11 is 1.05. The first-order valence-corrected chi connectivity index (χ1v) is 9.12. The summed E-state index contributed by atoms with van der Waals surface area (Å²) in [6, 6.07) is 5.93. The van der Waals surface area contributed by atoms with Gasteiger partial charge in [0.1, 0.15) is 15.1 Å². The monoisotopic (exact) mass is 402 g/mol. The number of anilines is 1. The van der Waals surface area contributed by atoms with E-state index >= 15 is 0 Å². The number of non-ortho nitro benzene ring substituents is 1. The highest BCUT2D eigenvalue weighted by Crippen LogP contribution is 2.35. The van der Waals surface area contributed by atoms with E-state index in [0.29, 0.717) is 10.2 Å². The second-order valence-corrected chi connectivity index (χ2v) is 8.03. The molecule has 28 heavy (non-hydrogen) atoms. The van der Waals surface area contributed by atoms with E-state index in [0.717, 1.165) is 16.3 Å². The van der Waals surface area contributed by atoms with Gasteiger partial charge in [-0.1, -0.05) is 0 Å². The summed E-state index contributed by atoms with van der Waals surface area (Å²) in [6.07, 6.45) is 0.867. The van der Waals surface area contributed by atoms with Crippen molar-refractivity contribution in [1.82, 2.24) is 9.99 Å². The molecule has 0 aliphatic carbocycles. The number of nitrogens with one attached hydrogen (secondary N) is 1. The number of nitrogens with zero attached hydrogens (tertiary/aromatic N) is 3. The van der Waals surface area contributed by atoms with Crippen LogP contribution in [-0.2, 0) is 4.74 Å². The van der Waals surface area contributed by atoms with Crippen LogP contribution in [0.3, 0.4) is 0 Å². The number of hydrogen-bond acceptors (Lipinski definition) is 8. The second-order valence-electron chi connectivity index (χ2n) is 7.03. The van der Waals surface area contributed by atoms with Crippen LogP contribution in [0.25, 0.3) is 20.3 Å². The van der Waals surface area contributed by atoms with Gasteiger partial charge in [0.25, 0.3) is 5.69 Å². The normalized spacial score (nSPS) is 11.4. The number of nitro benzene ring substituents is 1. The molecular weight excluding hydrogens is 384 g/mol. The third-order valence-electron chi connectivity index (χ3n) is 3.73. The molecule has 1 aromatic carbocycles. The highest BCUT2D eigenvalue weighted by Gasteiger charge is 2.23. The van der Waals surface area contributed by atoms with Crippen LogP contribution < -0.4 is 10.9 Å². The van der Waals surface area contributed by atoms with Gasteiger partial charge >= 0.3 is 6.09 Å². The average molecular weight is 402 g/mol. The van der Waals surface area contributed by atoms with E-state index in [1.807, 2.05) is 0 Å². The molecule has 146 valence electrons. The van der Waals surface area contributed by atoms with Crippen LogP contribution in [0.5, 0.6) is 0 Å². The van der Waals surface area contributed by atoms with Gasteiger partial charge < -0.3 is 4.74 Å². The number of rotatable bonds is 3. The Morgan fingerprint density at radius 2 is 2.04 bits per heavy atom. The molecule has 2 aromatic heterocycles. The van der Waals surface area contributed by atoms with Crippen molar-refractivity contribution >= 4 is 49.1 Å². The highest BCUT2D eigenvalue weighted by molar-refractivity contribution is 7.24. The summed E-state index contributed by atoms with van der Waals surface area (Å²) in [5.74, 6) is 0. The minimum absolute atomic E-state index is 0.120. The Morgan fingerprint density at radius 3 is 2.68 bits per heavy atom. The number of pyridine rings is 1. The molecule has 0 fully saturated rings. The molecule has 0 atom stereocenters. The Morgan fingerprint density at radius 1 is 1.32 bits per heavy atom. The molecule has 10 heteroatoms. The van der Waals surface area contributed by atoms with Gasteiger partial charge in [-0.25, -0.2) is 14.8 Å². The van der Waals surface area contributed by atoms with Gasteiger partial charge in [-0.15, -0.1) is 11.3 Å². The smallest absolute Gasteiger partial charge is 0.428 e. The first-order valence-electron chi connectivity index (χ1n) is 8.31. The van der Waals surface area contributed by atoms with E-state index < -0.39 is 22.0 Å². The molecule has 2 heterocycles. The molecule has 3 aromatic rings. The van der Waals surface area contributed by atoms with Crippen molar-refractivity contribution < 1.29 is 14.5 Å². The standard InChI is InChI=1S/C18H18N4O5S/c1-18(2,3)27-17(24)21(4)20-11-7-8-12(22(25)26)15-13(11)14(23)10-6-5-9-19-16(10)28-15/h5-9,20H,1-4H3. The first kappa shape index (κ1) is 19.5. The molecule has 0 bridgehead atoms. The van der Waals surface area contributed by atoms with E-state index in [1.165, 1.54) is 25.4 Å². The zero-order valence-corrected chi connectivity index (χ0v) is 16.5. The predicted octanol–water partition coefficient (Wildman–Crippen LogP) is 3.91. The van der Waals surface area contributed by atoms with E-state index in [2.05, 4.69) is 10.4 Å². The number of aromatic nitrogens is 1. The Hall–Kier alpha value is -3.27. The minimum Gasteiger partial charge on any atom is -0.442 e. The maximum Gasteiger partial charge on any atom is 0.428 e. The van der Waals surface area contributed by atoms with Crippen LogP contribution in [-0.4, -0.2) is 33.7 Å². The third kappa shape index (κ3) is 3.72. The van der Waals surface area contributed by atoms with Crippen molar-refractivity contribution in [2.45, 2.75) is 26.4 Å². The molecule has 9 nitrogen and oxygen atoms in total. The Kier molecular flexibility index (Phi) is 4.90. The van der Waals surface area contributed by atoms with Crippen molar-refractivity contribution in [3.8, 4) is 0 Å². The lowest BCUT2D eigenvalue weighted by Gasteiger charge is -2.25. The number of fused-ring (bicyclic) bond motifs is 2. The maximum atomic E-state index is 13.0. The lowest BCUT2D eigenvalue weighted by Crippen LogP contribution is -2.37. The topological polar surface area (TPSA) is 115 Å². The molecule has 0 aliphatic rings. The summed E-state index contributed by atoms with van der Waals surface area (Å²) in [6.45, 7) is 5.20. The van der Waals surface area contributed by atoms with Crippen LogP contribution in [0.2, 0.25) is 0 Å². The third-order valence-corrected chi connectivity index (χ3v) is 4.87. The number of carbonyl (C=O) groups is 1. The van der Waals surface area contributed by atoms with Crippen molar-refractivity contribution in [3.05, 3.63) is 50.8 Å². The predicted molar refractivity (Wildman–Crippen MR) is 108 cm³/mol. The number of benzene rings is 1. The minimum atomic E-state index is -0.696. The Labute approximate surface area is 163 Å². The van der Waals surface area contributed by atoms with Crippen LogP contribution >= 0.6 is 11.3 Å². The summed E-state index contributed by atoms with van der Waals surface area (Å²) < 4.78 is 5.46. The molecular formula is C18H18N4O5S. The Bertz CT molecular complexity index is 1150. The average Bonchev–Trinajstić information content (AvgIpc) is 2.60. The fourth-order valence-corrected chi connectivity index (χ4v) is 3.70. The molecule has 0 radical (unpaired) electrons. The zero-order valence-electron chi connectivity index (χ0n) is 15.7. The SMILES string of the molecule is CN(Nc1ccc([N+](=O)[O-])c2sc3ncccc3c(=O)c12)C(=O)OC(C)(C)C. The lowest BCUT2D eigenvalue weighted by molar-refractivity contribution is -0.382. The highest BCUT2D eigenvalue weighted by atomic mass is 32.1. The number of hydrogen-bond donors (Lipinski definition) is 1. The number of carbonyl (C=O) groups excluding carboxylic acids is 1. The van der Waals surface area contributed by atoms with E-state index in [1.54, 1.807) is 32.9 Å². The van der Waals surface area contributed by atoms with Gasteiger partial charge in [0, 0.05) is 19.3 Å². The van der Waals surface area contributed by atoms with Crippen LogP contribution in [0, 0.1) is 10.1 Å². The first-order chi connectivity index (χ1) is 13.1. The maximum absolute atomic E-state index is 13.0. The fourth-order valence-electron chi connectivity index (χ4n) is 2.57. The molecule has 0 unspecified atom stereocenters. The lowest BCUT2D eigenvalue weighted by atomic mass is 10.1. The Balaban J connectivity index is 2.17. The number of amides is 1. The second kappa shape index (κ2) is 7.04.